The molecule has 0 aromatic carbocycles. The molecule has 2 rings (SSSR count). The standard InChI is InChI=1S/C12H16N4O2/c1-7-5-9(6-8(2)14-7)11-15-12(18-16-11)10(17)3-4-13/h5-6,10,17H,3-4,13H2,1-2H3. The van der Waals surface area contributed by atoms with Gasteiger partial charge in [-0.15, -0.1) is 0 Å². The van der Waals surface area contributed by atoms with Gasteiger partial charge in [0.05, 0.1) is 0 Å². The van der Waals surface area contributed by atoms with Gasteiger partial charge in [-0.1, -0.05) is 5.16 Å². The van der Waals surface area contributed by atoms with E-state index in [9.17, 15) is 5.11 Å². The average Bonchev–Trinajstić information content (AvgIpc) is 2.77. The summed E-state index contributed by atoms with van der Waals surface area (Å²) in [5.74, 6) is 0.650. The predicted molar refractivity (Wildman–Crippen MR) is 65.6 cm³/mol. The zero-order valence-electron chi connectivity index (χ0n) is 10.4. The van der Waals surface area contributed by atoms with Crippen LogP contribution in [0.4, 0.5) is 0 Å². The van der Waals surface area contributed by atoms with Crippen LogP contribution in [0.25, 0.3) is 11.4 Å². The number of nitrogens with zero attached hydrogens (tertiary/aromatic N) is 3. The Morgan fingerprint density at radius 1 is 1.28 bits per heavy atom. The zero-order valence-corrected chi connectivity index (χ0v) is 10.4. The number of hydrogen-bond acceptors (Lipinski definition) is 6. The number of nitrogens with two attached hydrogens (primary N) is 1. The molecule has 0 saturated heterocycles. The molecule has 0 aliphatic carbocycles. The summed E-state index contributed by atoms with van der Waals surface area (Å²) in [5, 5.41) is 13.6. The maximum atomic E-state index is 9.70. The predicted octanol–water partition coefficient (Wildman–Crippen LogP) is 1.13. The molecule has 3 N–H and O–H groups in total. The van der Waals surface area contributed by atoms with Crippen molar-refractivity contribution in [2.75, 3.05) is 6.54 Å². The molecule has 18 heavy (non-hydrogen) atoms. The Labute approximate surface area is 105 Å². The summed E-state index contributed by atoms with van der Waals surface area (Å²) in [7, 11) is 0. The quantitative estimate of drug-likeness (QED) is 0.841. The fourth-order valence-corrected chi connectivity index (χ4v) is 1.73. The third-order valence-corrected chi connectivity index (χ3v) is 2.51. The van der Waals surface area contributed by atoms with E-state index in [2.05, 4.69) is 15.1 Å². The summed E-state index contributed by atoms with van der Waals surface area (Å²) < 4.78 is 5.03. The number of aromatic nitrogens is 3. The normalized spacial score (nSPS) is 12.7. The highest BCUT2D eigenvalue weighted by Crippen LogP contribution is 2.21. The minimum atomic E-state index is -0.805. The highest BCUT2D eigenvalue weighted by Gasteiger charge is 2.16. The average molecular weight is 248 g/mol. The molecule has 0 saturated carbocycles. The zero-order chi connectivity index (χ0) is 13.1. The van der Waals surface area contributed by atoms with Crippen molar-refractivity contribution in [2.45, 2.75) is 26.4 Å². The van der Waals surface area contributed by atoms with E-state index in [1.54, 1.807) is 0 Å². The molecule has 0 fully saturated rings. The van der Waals surface area contributed by atoms with Crippen molar-refractivity contribution in [1.82, 2.24) is 15.1 Å². The van der Waals surface area contributed by atoms with E-state index in [0.717, 1.165) is 17.0 Å². The lowest BCUT2D eigenvalue weighted by Crippen LogP contribution is -2.06. The smallest absolute Gasteiger partial charge is 0.255 e. The second-order valence-electron chi connectivity index (χ2n) is 4.19. The van der Waals surface area contributed by atoms with Crippen LogP contribution >= 0.6 is 0 Å². The fraction of sp³-hybridized carbons (Fsp3) is 0.417. The summed E-state index contributed by atoms with van der Waals surface area (Å²) in [6.07, 6.45) is -0.406. The lowest BCUT2D eigenvalue weighted by molar-refractivity contribution is 0.127. The Morgan fingerprint density at radius 3 is 2.56 bits per heavy atom. The molecule has 2 heterocycles. The molecule has 0 amide bonds. The van der Waals surface area contributed by atoms with E-state index < -0.39 is 6.10 Å². The maximum absolute atomic E-state index is 9.70. The van der Waals surface area contributed by atoms with Gasteiger partial charge in [0.25, 0.3) is 5.89 Å². The molecule has 0 spiro atoms. The van der Waals surface area contributed by atoms with Crippen molar-refractivity contribution in [1.29, 1.82) is 0 Å². The summed E-state index contributed by atoms with van der Waals surface area (Å²) >= 11 is 0. The minimum absolute atomic E-state index is 0.197. The highest BCUT2D eigenvalue weighted by atomic mass is 16.5. The monoisotopic (exact) mass is 248 g/mol. The Balaban J connectivity index is 2.29. The Morgan fingerprint density at radius 2 is 1.94 bits per heavy atom. The topological polar surface area (TPSA) is 98.1 Å². The largest absolute Gasteiger partial charge is 0.383 e. The van der Waals surface area contributed by atoms with Gasteiger partial charge in [0.2, 0.25) is 5.82 Å². The summed E-state index contributed by atoms with van der Waals surface area (Å²) in [6.45, 7) is 4.17. The SMILES string of the molecule is Cc1cc(-c2noc(C(O)CCN)n2)cc(C)n1. The number of aliphatic hydroxyl groups is 1. The number of hydrogen-bond donors (Lipinski definition) is 2. The van der Waals surface area contributed by atoms with Crippen LogP contribution in [0.15, 0.2) is 16.7 Å². The van der Waals surface area contributed by atoms with Gasteiger partial charge in [0.1, 0.15) is 6.10 Å². The molecule has 1 unspecified atom stereocenters. The van der Waals surface area contributed by atoms with Crippen LogP contribution < -0.4 is 5.73 Å². The van der Waals surface area contributed by atoms with Gasteiger partial charge < -0.3 is 15.4 Å². The van der Waals surface area contributed by atoms with E-state index in [4.69, 9.17) is 10.3 Å². The second kappa shape index (κ2) is 5.24. The van der Waals surface area contributed by atoms with Crippen molar-refractivity contribution in [3.63, 3.8) is 0 Å². The first-order chi connectivity index (χ1) is 8.60. The second-order valence-corrected chi connectivity index (χ2v) is 4.19. The van der Waals surface area contributed by atoms with Gasteiger partial charge in [0.15, 0.2) is 0 Å². The van der Waals surface area contributed by atoms with E-state index in [1.165, 1.54) is 0 Å². The molecular formula is C12H16N4O2. The molecule has 0 bridgehead atoms. The number of aryl methyl sites for hydroxylation is 2. The van der Waals surface area contributed by atoms with Crippen LogP contribution in [0.3, 0.4) is 0 Å². The number of rotatable bonds is 4. The van der Waals surface area contributed by atoms with Crippen molar-refractivity contribution in [3.05, 3.63) is 29.4 Å². The Hall–Kier alpha value is -1.79. The van der Waals surface area contributed by atoms with E-state index in [-0.39, 0.29) is 5.89 Å². The van der Waals surface area contributed by atoms with Crippen molar-refractivity contribution < 1.29 is 9.63 Å². The van der Waals surface area contributed by atoms with E-state index in [0.29, 0.717) is 18.8 Å². The summed E-state index contributed by atoms with van der Waals surface area (Å²) in [6, 6.07) is 3.74. The van der Waals surface area contributed by atoms with Gasteiger partial charge in [-0.2, -0.15) is 4.98 Å². The van der Waals surface area contributed by atoms with Crippen molar-refractivity contribution in [3.8, 4) is 11.4 Å². The highest BCUT2D eigenvalue weighted by molar-refractivity contribution is 5.55. The van der Waals surface area contributed by atoms with Gasteiger partial charge in [-0.3, -0.25) is 4.98 Å². The number of pyridine rings is 1. The van der Waals surface area contributed by atoms with Crippen LogP contribution in [0, 0.1) is 13.8 Å². The molecule has 6 nitrogen and oxygen atoms in total. The van der Waals surface area contributed by atoms with Gasteiger partial charge in [-0.05, 0) is 38.9 Å². The first kappa shape index (κ1) is 12.7. The summed E-state index contributed by atoms with van der Waals surface area (Å²) in [4.78, 5) is 8.45. The molecule has 6 heteroatoms. The van der Waals surface area contributed by atoms with Gasteiger partial charge >= 0.3 is 0 Å². The number of aliphatic hydroxyl groups excluding tert-OH is 1. The minimum Gasteiger partial charge on any atom is -0.383 e. The Kier molecular flexibility index (Phi) is 3.69. The lowest BCUT2D eigenvalue weighted by atomic mass is 10.2. The van der Waals surface area contributed by atoms with Gasteiger partial charge in [-0.25, -0.2) is 0 Å². The molecule has 2 aromatic rings. The first-order valence-corrected chi connectivity index (χ1v) is 5.77. The van der Waals surface area contributed by atoms with Crippen LogP contribution in [0.1, 0.15) is 29.8 Å². The van der Waals surface area contributed by atoms with E-state index in [1.807, 2.05) is 26.0 Å². The molecule has 0 aliphatic rings. The van der Waals surface area contributed by atoms with Crippen LogP contribution in [0.2, 0.25) is 0 Å². The Bertz CT molecular complexity index is 518. The third-order valence-electron chi connectivity index (χ3n) is 2.51. The first-order valence-electron chi connectivity index (χ1n) is 5.77. The molecular weight excluding hydrogens is 232 g/mol. The van der Waals surface area contributed by atoms with Crippen LogP contribution in [-0.2, 0) is 0 Å². The fourth-order valence-electron chi connectivity index (χ4n) is 1.73. The third kappa shape index (κ3) is 2.72. The van der Waals surface area contributed by atoms with Crippen molar-refractivity contribution in [2.24, 2.45) is 5.73 Å². The lowest BCUT2D eigenvalue weighted by Gasteiger charge is -2.01. The van der Waals surface area contributed by atoms with Gasteiger partial charge in [0, 0.05) is 17.0 Å². The molecule has 2 aromatic heterocycles. The molecule has 0 aliphatic heterocycles. The molecule has 96 valence electrons. The van der Waals surface area contributed by atoms with Crippen molar-refractivity contribution >= 4 is 0 Å². The molecule has 0 radical (unpaired) electrons. The van der Waals surface area contributed by atoms with Crippen LogP contribution in [0.5, 0.6) is 0 Å². The maximum Gasteiger partial charge on any atom is 0.255 e. The van der Waals surface area contributed by atoms with Crippen LogP contribution in [-0.4, -0.2) is 26.8 Å². The van der Waals surface area contributed by atoms with E-state index >= 15 is 0 Å². The summed E-state index contributed by atoms with van der Waals surface area (Å²) in [5.41, 5.74) is 7.97. The molecule has 1 atom stereocenters.